The molecule has 0 amide bonds. The van der Waals surface area contributed by atoms with Crippen LogP contribution < -0.4 is 10.5 Å². The highest BCUT2D eigenvalue weighted by Crippen LogP contribution is 2.07. The van der Waals surface area contributed by atoms with Crippen molar-refractivity contribution in [2.75, 3.05) is 25.4 Å². The summed E-state index contributed by atoms with van der Waals surface area (Å²) in [6.45, 7) is 8.33. The minimum Gasteiger partial charge on any atom is -0.368 e. The molecule has 1 aromatic heterocycles. The zero-order valence-electron chi connectivity index (χ0n) is 11.5. The summed E-state index contributed by atoms with van der Waals surface area (Å²) in [7, 11) is -3.60. The second-order valence-corrected chi connectivity index (χ2v) is 6.00. The van der Waals surface area contributed by atoms with E-state index < -0.39 is 10.0 Å². The molecule has 108 valence electrons. The third-order valence-electron chi connectivity index (χ3n) is 2.74. The average Bonchev–Trinajstić information content (AvgIpc) is 2.35. The first-order valence-electron chi connectivity index (χ1n) is 6.21. The summed E-state index contributed by atoms with van der Waals surface area (Å²) in [5.74, 6) is 0.0511. The van der Waals surface area contributed by atoms with Gasteiger partial charge in [0.05, 0.1) is 12.4 Å². The highest BCUT2D eigenvalue weighted by molar-refractivity contribution is 7.89. The Balaban J connectivity index is 2.71. The van der Waals surface area contributed by atoms with Gasteiger partial charge < -0.3 is 10.6 Å². The van der Waals surface area contributed by atoms with Gasteiger partial charge >= 0.3 is 0 Å². The minimum atomic E-state index is -3.60. The van der Waals surface area contributed by atoms with Crippen molar-refractivity contribution in [2.24, 2.45) is 0 Å². The zero-order valence-corrected chi connectivity index (χ0v) is 12.3. The number of nitrogens with zero attached hydrogens (tertiary/aromatic N) is 3. The molecule has 0 fully saturated rings. The Morgan fingerprint density at radius 2 is 1.84 bits per heavy atom. The molecule has 0 aliphatic heterocycles. The van der Waals surface area contributed by atoms with E-state index in [1.807, 2.05) is 20.8 Å². The minimum absolute atomic E-state index is 0.0214. The number of nitrogens with two attached hydrogens (primary N) is 1. The summed E-state index contributed by atoms with van der Waals surface area (Å²) in [6.07, 6.45) is 2.41. The maximum absolute atomic E-state index is 12.1. The molecule has 1 unspecified atom stereocenters. The predicted octanol–water partition coefficient (Wildman–Crippen LogP) is 0.0674. The van der Waals surface area contributed by atoms with E-state index in [1.165, 1.54) is 12.4 Å². The van der Waals surface area contributed by atoms with Crippen LogP contribution in [0.25, 0.3) is 0 Å². The van der Waals surface area contributed by atoms with Crippen LogP contribution in [-0.2, 0) is 10.0 Å². The number of nitrogen functional groups attached to an aromatic ring is 1. The van der Waals surface area contributed by atoms with E-state index in [9.17, 15) is 8.42 Å². The molecule has 1 atom stereocenters. The van der Waals surface area contributed by atoms with Crippen molar-refractivity contribution in [3.63, 3.8) is 0 Å². The van der Waals surface area contributed by atoms with Crippen molar-refractivity contribution in [3.8, 4) is 0 Å². The lowest BCUT2D eigenvalue weighted by molar-refractivity contribution is 0.282. The summed E-state index contributed by atoms with van der Waals surface area (Å²) in [5, 5.41) is 0. The SMILES string of the molecule is CCN(CC)CC(C)NS(=O)(=O)c1cnc(N)nc1. The van der Waals surface area contributed by atoms with E-state index in [-0.39, 0.29) is 16.9 Å². The van der Waals surface area contributed by atoms with Gasteiger partial charge in [-0.2, -0.15) is 0 Å². The summed E-state index contributed by atoms with van der Waals surface area (Å²) >= 11 is 0. The van der Waals surface area contributed by atoms with Gasteiger partial charge in [0.15, 0.2) is 0 Å². The van der Waals surface area contributed by atoms with Gasteiger partial charge in [-0.3, -0.25) is 0 Å². The van der Waals surface area contributed by atoms with Crippen LogP contribution in [0, 0.1) is 0 Å². The fourth-order valence-corrected chi connectivity index (χ4v) is 2.83. The topological polar surface area (TPSA) is 101 Å². The third kappa shape index (κ3) is 4.73. The predicted molar refractivity (Wildman–Crippen MR) is 74.0 cm³/mol. The van der Waals surface area contributed by atoms with Crippen molar-refractivity contribution in [1.29, 1.82) is 0 Å². The van der Waals surface area contributed by atoms with Gasteiger partial charge in [-0.05, 0) is 20.0 Å². The van der Waals surface area contributed by atoms with E-state index in [2.05, 4.69) is 19.6 Å². The lowest BCUT2D eigenvalue weighted by atomic mass is 10.3. The van der Waals surface area contributed by atoms with Crippen molar-refractivity contribution in [3.05, 3.63) is 12.4 Å². The number of rotatable bonds is 7. The number of likely N-dealkylation sites (N-methyl/N-ethyl adjacent to an activating group) is 1. The van der Waals surface area contributed by atoms with Gasteiger partial charge in [0.2, 0.25) is 16.0 Å². The Kier molecular flexibility index (Phi) is 5.64. The van der Waals surface area contributed by atoms with E-state index in [1.54, 1.807) is 0 Å². The molecule has 0 saturated heterocycles. The Morgan fingerprint density at radius 1 is 1.32 bits per heavy atom. The molecule has 0 bridgehead atoms. The maximum atomic E-state index is 12.1. The van der Waals surface area contributed by atoms with Crippen LogP contribution in [0.1, 0.15) is 20.8 Å². The molecule has 0 aliphatic carbocycles. The van der Waals surface area contributed by atoms with Crippen molar-refractivity contribution >= 4 is 16.0 Å². The summed E-state index contributed by atoms with van der Waals surface area (Å²) < 4.78 is 26.7. The van der Waals surface area contributed by atoms with Gasteiger partial charge in [0, 0.05) is 12.6 Å². The quantitative estimate of drug-likeness (QED) is 0.736. The molecule has 1 aromatic rings. The number of aromatic nitrogens is 2. The lowest BCUT2D eigenvalue weighted by Gasteiger charge is -2.23. The Morgan fingerprint density at radius 3 is 2.32 bits per heavy atom. The standard InChI is InChI=1S/C11H21N5O2S/c1-4-16(5-2)8-9(3)15-19(17,18)10-6-13-11(12)14-7-10/h6-7,9,15H,4-5,8H2,1-3H3,(H2,12,13,14). The molecule has 0 aliphatic rings. The van der Waals surface area contributed by atoms with E-state index in [0.29, 0.717) is 6.54 Å². The van der Waals surface area contributed by atoms with Gasteiger partial charge in [-0.15, -0.1) is 0 Å². The smallest absolute Gasteiger partial charge is 0.243 e. The third-order valence-corrected chi connectivity index (χ3v) is 4.29. The first-order valence-corrected chi connectivity index (χ1v) is 7.69. The largest absolute Gasteiger partial charge is 0.368 e. The van der Waals surface area contributed by atoms with Crippen LogP contribution in [0.2, 0.25) is 0 Å². The molecule has 1 heterocycles. The van der Waals surface area contributed by atoms with E-state index in [0.717, 1.165) is 13.1 Å². The summed E-state index contributed by atoms with van der Waals surface area (Å²) in [4.78, 5) is 9.53. The van der Waals surface area contributed by atoms with Crippen molar-refractivity contribution < 1.29 is 8.42 Å². The highest BCUT2D eigenvalue weighted by atomic mass is 32.2. The molecular formula is C11H21N5O2S. The van der Waals surface area contributed by atoms with Crippen LogP contribution >= 0.6 is 0 Å². The van der Waals surface area contributed by atoms with Crippen LogP contribution in [0.4, 0.5) is 5.95 Å². The fraction of sp³-hybridized carbons (Fsp3) is 0.636. The van der Waals surface area contributed by atoms with Crippen LogP contribution in [0.15, 0.2) is 17.3 Å². The number of sulfonamides is 1. The number of anilines is 1. The Bertz CT molecular complexity index is 484. The maximum Gasteiger partial charge on any atom is 0.243 e. The highest BCUT2D eigenvalue weighted by Gasteiger charge is 2.19. The van der Waals surface area contributed by atoms with Gasteiger partial charge in [0.25, 0.3) is 0 Å². The fourth-order valence-electron chi connectivity index (χ4n) is 1.70. The molecule has 0 spiro atoms. The second kappa shape index (κ2) is 6.78. The van der Waals surface area contributed by atoms with Crippen LogP contribution in [0.3, 0.4) is 0 Å². The first kappa shape index (κ1) is 15.8. The molecule has 7 nitrogen and oxygen atoms in total. The van der Waals surface area contributed by atoms with Crippen molar-refractivity contribution in [2.45, 2.75) is 31.7 Å². The second-order valence-electron chi connectivity index (χ2n) is 4.29. The normalized spacial score (nSPS) is 13.7. The van der Waals surface area contributed by atoms with E-state index >= 15 is 0 Å². The molecular weight excluding hydrogens is 266 g/mol. The summed E-state index contributed by atoms with van der Waals surface area (Å²) in [6, 6.07) is -0.192. The molecule has 0 radical (unpaired) electrons. The van der Waals surface area contributed by atoms with Crippen LogP contribution in [-0.4, -0.2) is 49.0 Å². The molecule has 1 rings (SSSR count). The zero-order chi connectivity index (χ0) is 14.5. The molecule has 19 heavy (non-hydrogen) atoms. The van der Waals surface area contributed by atoms with Gasteiger partial charge in [-0.25, -0.2) is 23.1 Å². The van der Waals surface area contributed by atoms with Crippen LogP contribution in [0.5, 0.6) is 0 Å². The van der Waals surface area contributed by atoms with Gasteiger partial charge in [0.1, 0.15) is 4.90 Å². The molecule has 8 heteroatoms. The van der Waals surface area contributed by atoms with Crippen molar-refractivity contribution in [1.82, 2.24) is 19.6 Å². The number of hydrogen-bond acceptors (Lipinski definition) is 6. The molecule has 0 saturated carbocycles. The summed E-state index contributed by atoms with van der Waals surface area (Å²) in [5.41, 5.74) is 5.33. The Hall–Kier alpha value is -1.25. The molecule has 3 N–H and O–H groups in total. The number of hydrogen-bond donors (Lipinski definition) is 2. The lowest BCUT2D eigenvalue weighted by Crippen LogP contribution is -2.41. The van der Waals surface area contributed by atoms with E-state index in [4.69, 9.17) is 5.73 Å². The molecule has 0 aromatic carbocycles. The monoisotopic (exact) mass is 287 g/mol. The van der Waals surface area contributed by atoms with Gasteiger partial charge in [-0.1, -0.05) is 13.8 Å². The Labute approximate surface area is 114 Å². The number of nitrogens with one attached hydrogen (secondary N) is 1. The first-order chi connectivity index (χ1) is 8.89. The average molecular weight is 287 g/mol.